The molecule has 2 aliphatic rings. The molecule has 0 radical (unpaired) electrons. The maximum absolute atomic E-state index is 4.73. The van der Waals surface area contributed by atoms with Gasteiger partial charge in [0.2, 0.25) is 0 Å². The van der Waals surface area contributed by atoms with E-state index < -0.39 is 0 Å². The van der Waals surface area contributed by atoms with Gasteiger partial charge in [-0.2, -0.15) is 0 Å². The summed E-state index contributed by atoms with van der Waals surface area (Å²) in [6.07, 6.45) is 23.5. The molecule has 0 amide bonds. The molecule has 1 heterocycles. The largest absolute Gasteiger partial charge is 0.241 e. The summed E-state index contributed by atoms with van der Waals surface area (Å²) in [5.74, 6) is 4.69. The SMILES string of the molecule is CCC[C@H]1CC[C@H](CCc2ncc([C@H]3CC[C@H](CCC)CC3)cn2)CC1. The van der Waals surface area contributed by atoms with Crippen molar-refractivity contribution in [2.75, 3.05) is 0 Å². The van der Waals surface area contributed by atoms with Crippen LogP contribution < -0.4 is 0 Å². The number of aromatic nitrogens is 2. The minimum atomic E-state index is 0.714. The third-order valence-corrected chi connectivity index (χ3v) is 7.18. The van der Waals surface area contributed by atoms with Crippen LogP contribution in [0.3, 0.4) is 0 Å². The lowest BCUT2D eigenvalue weighted by Gasteiger charge is -2.28. The van der Waals surface area contributed by atoms with E-state index in [2.05, 4.69) is 26.2 Å². The van der Waals surface area contributed by atoms with Crippen molar-refractivity contribution >= 4 is 0 Å². The van der Waals surface area contributed by atoms with Crippen LogP contribution in [0.25, 0.3) is 0 Å². The zero-order valence-corrected chi connectivity index (χ0v) is 17.3. The summed E-state index contributed by atoms with van der Waals surface area (Å²) in [5.41, 5.74) is 1.39. The van der Waals surface area contributed by atoms with Gasteiger partial charge in [0.1, 0.15) is 5.82 Å². The van der Waals surface area contributed by atoms with Crippen LogP contribution in [0.15, 0.2) is 12.4 Å². The molecule has 3 rings (SSSR count). The molecule has 0 unspecified atom stereocenters. The summed E-state index contributed by atoms with van der Waals surface area (Å²) in [5, 5.41) is 0. The summed E-state index contributed by atoms with van der Waals surface area (Å²) in [4.78, 5) is 9.45. The van der Waals surface area contributed by atoms with Gasteiger partial charge in [0, 0.05) is 18.8 Å². The molecular formula is C24H40N2. The van der Waals surface area contributed by atoms with E-state index in [-0.39, 0.29) is 0 Å². The second-order valence-electron chi connectivity index (χ2n) is 9.15. The van der Waals surface area contributed by atoms with E-state index in [0.717, 1.165) is 30.0 Å². The van der Waals surface area contributed by atoms with Crippen LogP contribution in [0.2, 0.25) is 0 Å². The Bertz CT molecular complexity index is 493. The summed E-state index contributed by atoms with van der Waals surface area (Å²) >= 11 is 0. The van der Waals surface area contributed by atoms with Crippen molar-refractivity contribution in [1.29, 1.82) is 0 Å². The molecule has 2 heteroatoms. The monoisotopic (exact) mass is 356 g/mol. The fourth-order valence-corrected chi connectivity index (χ4v) is 5.45. The van der Waals surface area contributed by atoms with E-state index in [4.69, 9.17) is 9.97 Å². The molecule has 2 saturated carbocycles. The summed E-state index contributed by atoms with van der Waals surface area (Å²) in [7, 11) is 0. The van der Waals surface area contributed by atoms with Gasteiger partial charge in [-0.1, -0.05) is 65.2 Å². The Morgan fingerprint density at radius 3 is 1.65 bits per heavy atom. The first-order valence-corrected chi connectivity index (χ1v) is 11.6. The van der Waals surface area contributed by atoms with Gasteiger partial charge >= 0.3 is 0 Å². The quantitative estimate of drug-likeness (QED) is 0.497. The van der Waals surface area contributed by atoms with Crippen molar-refractivity contribution in [3.05, 3.63) is 23.8 Å². The average molecular weight is 357 g/mol. The molecular weight excluding hydrogens is 316 g/mol. The van der Waals surface area contributed by atoms with Crippen LogP contribution >= 0.6 is 0 Å². The van der Waals surface area contributed by atoms with Gasteiger partial charge in [0.25, 0.3) is 0 Å². The minimum absolute atomic E-state index is 0.714. The maximum atomic E-state index is 4.73. The van der Waals surface area contributed by atoms with Gasteiger partial charge in [-0.15, -0.1) is 0 Å². The number of hydrogen-bond donors (Lipinski definition) is 0. The van der Waals surface area contributed by atoms with Crippen molar-refractivity contribution in [3.63, 3.8) is 0 Å². The third kappa shape index (κ3) is 5.79. The van der Waals surface area contributed by atoms with Crippen LogP contribution in [0, 0.1) is 17.8 Å². The smallest absolute Gasteiger partial charge is 0.128 e. The molecule has 26 heavy (non-hydrogen) atoms. The van der Waals surface area contributed by atoms with Gasteiger partial charge in [0.15, 0.2) is 0 Å². The number of nitrogens with zero attached hydrogens (tertiary/aromatic N) is 2. The molecule has 2 fully saturated rings. The Morgan fingerprint density at radius 1 is 0.692 bits per heavy atom. The Kier molecular flexibility index (Phi) is 7.95. The second-order valence-corrected chi connectivity index (χ2v) is 9.15. The Balaban J connectivity index is 1.40. The summed E-state index contributed by atoms with van der Waals surface area (Å²) in [6, 6.07) is 0. The van der Waals surface area contributed by atoms with E-state index in [0.29, 0.717) is 5.92 Å². The van der Waals surface area contributed by atoms with Gasteiger partial charge in [-0.05, 0) is 61.3 Å². The van der Waals surface area contributed by atoms with Crippen LogP contribution in [-0.2, 0) is 6.42 Å². The zero-order chi connectivity index (χ0) is 18.2. The Labute approximate surface area is 161 Å². The number of hydrogen-bond acceptors (Lipinski definition) is 2. The lowest BCUT2D eigenvalue weighted by atomic mass is 9.78. The lowest BCUT2D eigenvalue weighted by molar-refractivity contribution is 0.251. The fourth-order valence-electron chi connectivity index (χ4n) is 5.45. The van der Waals surface area contributed by atoms with Crippen LogP contribution in [-0.4, -0.2) is 9.97 Å². The van der Waals surface area contributed by atoms with Crippen molar-refractivity contribution in [1.82, 2.24) is 9.97 Å². The third-order valence-electron chi connectivity index (χ3n) is 7.18. The minimum Gasteiger partial charge on any atom is -0.241 e. The first-order chi connectivity index (χ1) is 12.8. The van der Waals surface area contributed by atoms with E-state index in [1.165, 1.54) is 89.0 Å². The Hall–Kier alpha value is -0.920. The van der Waals surface area contributed by atoms with Crippen molar-refractivity contribution in [3.8, 4) is 0 Å². The van der Waals surface area contributed by atoms with E-state index in [1.807, 2.05) is 0 Å². The van der Waals surface area contributed by atoms with Crippen molar-refractivity contribution in [2.45, 2.75) is 110 Å². The number of aryl methyl sites for hydroxylation is 1. The van der Waals surface area contributed by atoms with E-state index in [9.17, 15) is 0 Å². The Morgan fingerprint density at radius 2 is 1.15 bits per heavy atom. The molecule has 1 aromatic heterocycles. The average Bonchev–Trinajstić information content (AvgIpc) is 2.69. The van der Waals surface area contributed by atoms with Crippen molar-refractivity contribution in [2.24, 2.45) is 17.8 Å². The molecule has 2 nitrogen and oxygen atoms in total. The standard InChI is InChI=1S/C24H40N2/c1-3-5-19-7-9-21(10-8-19)13-16-24-25-17-23(18-26-24)22-14-11-20(6-4-2)12-15-22/h17-22H,3-16H2,1-2H3/t19-,20-,21-,22-. The molecule has 0 spiro atoms. The predicted molar refractivity (Wildman–Crippen MR) is 110 cm³/mol. The van der Waals surface area contributed by atoms with E-state index in [1.54, 1.807) is 0 Å². The highest BCUT2D eigenvalue weighted by Crippen LogP contribution is 2.37. The van der Waals surface area contributed by atoms with Gasteiger partial charge in [-0.3, -0.25) is 0 Å². The molecule has 0 bridgehead atoms. The predicted octanol–water partition coefficient (Wildman–Crippen LogP) is 7.09. The second kappa shape index (κ2) is 10.4. The van der Waals surface area contributed by atoms with Crippen LogP contribution in [0.4, 0.5) is 0 Å². The maximum Gasteiger partial charge on any atom is 0.128 e. The summed E-state index contributed by atoms with van der Waals surface area (Å²) in [6.45, 7) is 4.64. The molecule has 1 aromatic rings. The lowest BCUT2D eigenvalue weighted by Crippen LogP contribution is -2.16. The van der Waals surface area contributed by atoms with Crippen LogP contribution in [0.5, 0.6) is 0 Å². The van der Waals surface area contributed by atoms with E-state index >= 15 is 0 Å². The molecule has 0 N–H and O–H groups in total. The highest BCUT2D eigenvalue weighted by atomic mass is 14.9. The van der Waals surface area contributed by atoms with Gasteiger partial charge in [0.05, 0.1) is 0 Å². The first kappa shape index (κ1) is 19.8. The topological polar surface area (TPSA) is 25.8 Å². The first-order valence-electron chi connectivity index (χ1n) is 11.6. The molecule has 0 saturated heterocycles. The zero-order valence-electron chi connectivity index (χ0n) is 17.3. The highest BCUT2D eigenvalue weighted by molar-refractivity contribution is 5.12. The molecule has 0 aromatic carbocycles. The summed E-state index contributed by atoms with van der Waals surface area (Å²) < 4.78 is 0. The highest BCUT2D eigenvalue weighted by Gasteiger charge is 2.23. The normalized spacial score (nSPS) is 29.6. The van der Waals surface area contributed by atoms with Crippen LogP contribution in [0.1, 0.15) is 115 Å². The molecule has 0 aliphatic heterocycles. The number of rotatable bonds is 8. The van der Waals surface area contributed by atoms with Gasteiger partial charge < -0.3 is 0 Å². The van der Waals surface area contributed by atoms with Gasteiger partial charge in [-0.25, -0.2) is 9.97 Å². The molecule has 146 valence electrons. The molecule has 2 aliphatic carbocycles. The fraction of sp³-hybridized carbons (Fsp3) is 0.833. The molecule has 0 atom stereocenters. The van der Waals surface area contributed by atoms with Crippen molar-refractivity contribution < 1.29 is 0 Å².